The summed E-state index contributed by atoms with van der Waals surface area (Å²) in [5.41, 5.74) is 6.45. The van der Waals surface area contributed by atoms with Gasteiger partial charge in [0, 0.05) is 25.3 Å². The van der Waals surface area contributed by atoms with Crippen molar-refractivity contribution in [1.29, 1.82) is 0 Å². The molecule has 2 heteroatoms. The predicted octanol–water partition coefficient (Wildman–Crippen LogP) is 8.05. The highest BCUT2D eigenvalue weighted by molar-refractivity contribution is 6.09. The summed E-state index contributed by atoms with van der Waals surface area (Å²) in [6.07, 6.45) is 4.80. The molecular weight excluding hydrogens is 378 g/mol. The van der Waals surface area contributed by atoms with Crippen molar-refractivity contribution in [3.05, 3.63) is 90.6 Å². The van der Waals surface area contributed by atoms with Crippen LogP contribution in [0, 0.1) is 5.92 Å². The van der Waals surface area contributed by atoms with Gasteiger partial charge in [-0.3, -0.25) is 4.98 Å². The normalized spacial score (nSPS) is 16.0. The lowest BCUT2D eigenvalue weighted by Crippen LogP contribution is -1.98. The lowest BCUT2D eigenvalue weighted by Gasteiger charge is -2.10. The van der Waals surface area contributed by atoms with Gasteiger partial charge < -0.3 is 4.42 Å². The van der Waals surface area contributed by atoms with E-state index in [9.17, 15) is 0 Å². The molecule has 152 valence electrons. The third-order valence-electron chi connectivity index (χ3n) is 6.38. The molecule has 1 aliphatic rings. The van der Waals surface area contributed by atoms with E-state index in [2.05, 4.69) is 29.2 Å². The van der Waals surface area contributed by atoms with E-state index in [1.807, 2.05) is 60.8 Å². The van der Waals surface area contributed by atoms with Gasteiger partial charge in [0.15, 0.2) is 0 Å². The maximum absolute atomic E-state index is 8.65. The van der Waals surface area contributed by atoms with Crippen molar-refractivity contribution in [3.8, 4) is 22.4 Å². The Labute approximate surface area is 185 Å². The minimum atomic E-state index is -1.27. The minimum Gasteiger partial charge on any atom is -0.455 e. The fourth-order valence-corrected chi connectivity index (χ4v) is 4.77. The predicted molar refractivity (Wildman–Crippen MR) is 128 cm³/mol. The molecule has 1 saturated carbocycles. The van der Waals surface area contributed by atoms with Gasteiger partial charge in [0.25, 0.3) is 0 Å². The smallest absolute Gasteiger partial charge is 0.144 e. The zero-order chi connectivity index (χ0) is 22.4. The summed E-state index contributed by atoms with van der Waals surface area (Å²) < 4.78 is 23.5. The highest BCUT2D eigenvalue weighted by Gasteiger charge is 2.16. The quantitative estimate of drug-likeness (QED) is 0.302. The highest BCUT2D eigenvalue weighted by atomic mass is 16.3. The van der Waals surface area contributed by atoms with Crippen molar-refractivity contribution in [3.63, 3.8) is 0 Å². The number of hydrogen-bond donors (Lipinski definition) is 0. The van der Waals surface area contributed by atoms with E-state index in [0.29, 0.717) is 0 Å². The third-order valence-corrected chi connectivity index (χ3v) is 6.38. The molecule has 1 fully saturated rings. The molecule has 0 radical (unpaired) electrons. The average Bonchev–Trinajstić information content (AvgIpc) is 3.53. The molecule has 31 heavy (non-hydrogen) atoms. The second-order valence-electron chi connectivity index (χ2n) is 8.41. The first kappa shape index (κ1) is 16.3. The topological polar surface area (TPSA) is 26.0 Å². The molecule has 2 heterocycles. The van der Waals surface area contributed by atoms with Crippen LogP contribution >= 0.6 is 0 Å². The molecule has 0 amide bonds. The Morgan fingerprint density at radius 3 is 2.52 bits per heavy atom. The molecule has 0 N–H and O–H groups in total. The standard InChI is InChI=1S/C29H25NO/c1-2-7-20(6-1)18-21-12-14-22(15-13-21)23-16-17-30-27(19-23)26-10-5-9-25-24-8-3-4-11-28(24)31-29(25)26/h3-5,8-17,19-20H,1-2,6-7,18H2/i18D2. The van der Waals surface area contributed by atoms with Gasteiger partial charge in [0.1, 0.15) is 11.2 Å². The lowest BCUT2D eigenvalue weighted by molar-refractivity contribution is 0.546. The second kappa shape index (κ2) is 7.70. The first-order valence-electron chi connectivity index (χ1n) is 12.1. The number of hydrogen-bond acceptors (Lipinski definition) is 2. The van der Waals surface area contributed by atoms with Gasteiger partial charge in [-0.05, 0) is 53.2 Å². The summed E-state index contributed by atoms with van der Waals surface area (Å²) in [5, 5.41) is 2.20. The number of benzene rings is 3. The van der Waals surface area contributed by atoms with Crippen LogP contribution in [0.4, 0.5) is 0 Å². The van der Waals surface area contributed by atoms with E-state index >= 15 is 0 Å². The van der Waals surface area contributed by atoms with Crippen LogP contribution < -0.4 is 0 Å². The van der Waals surface area contributed by atoms with Crippen molar-refractivity contribution in [2.45, 2.75) is 32.1 Å². The first-order chi connectivity index (χ1) is 16.1. The van der Waals surface area contributed by atoms with Crippen molar-refractivity contribution in [1.82, 2.24) is 4.98 Å². The van der Waals surface area contributed by atoms with Crippen molar-refractivity contribution in [2.75, 3.05) is 0 Å². The monoisotopic (exact) mass is 405 g/mol. The summed E-state index contributed by atoms with van der Waals surface area (Å²) in [5.74, 6) is 0.125. The maximum atomic E-state index is 8.65. The first-order valence-corrected chi connectivity index (χ1v) is 11.1. The number of aromatic nitrogens is 1. The minimum absolute atomic E-state index is 0.125. The van der Waals surface area contributed by atoms with Crippen LogP contribution in [0.3, 0.4) is 0 Å². The molecule has 6 rings (SSSR count). The van der Waals surface area contributed by atoms with Gasteiger partial charge in [-0.2, -0.15) is 0 Å². The zero-order valence-electron chi connectivity index (χ0n) is 19.3. The Hall–Kier alpha value is -3.39. The van der Waals surface area contributed by atoms with Crippen LogP contribution in [0.2, 0.25) is 0 Å². The largest absolute Gasteiger partial charge is 0.455 e. The van der Waals surface area contributed by atoms with E-state index in [-0.39, 0.29) is 5.92 Å². The Morgan fingerprint density at radius 1 is 0.839 bits per heavy atom. The average molecular weight is 406 g/mol. The highest BCUT2D eigenvalue weighted by Crippen LogP contribution is 2.36. The SMILES string of the molecule is [2H]C([2H])(c1ccc(-c2ccnc(-c3cccc4c3oc3ccccc34)c2)cc1)C1CCCC1. The summed E-state index contributed by atoms with van der Waals surface area (Å²) >= 11 is 0. The van der Waals surface area contributed by atoms with Crippen LogP contribution in [0.15, 0.2) is 89.5 Å². The Morgan fingerprint density at radius 2 is 1.65 bits per heavy atom. The molecule has 1 aliphatic carbocycles. The molecule has 0 spiro atoms. The number of para-hydroxylation sites is 2. The Balaban J connectivity index is 1.37. The molecule has 0 unspecified atom stereocenters. The molecule has 5 aromatic rings. The number of fused-ring (bicyclic) bond motifs is 3. The van der Waals surface area contributed by atoms with Crippen LogP contribution in [0.1, 0.15) is 34.0 Å². The van der Waals surface area contributed by atoms with E-state index in [1.165, 1.54) is 0 Å². The van der Waals surface area contributed by atoms with E-state index in [1.54, 1.807) is 0 Å². The Kier molecular flexibility index (Phi) is 4.05. The molecule has 3 aromatic carbocycles. The van der Waals surface area contributed by atoms with Crippen molar-refractivity contribution < 1.29 is 7.16 Å². The van der Waals surface area contributed by atoms with Gasteiger partial charge in [-0.1, -0.05) is 80.3 Å². The lowest BCUT2D eigenvalue weighted by atomic mass is 9.96. The number of furan rings is 1. The number of rotatable bonds is 4. The fraction of sp³-hybridized carbons (Fsp3) is 0.207. The second-order valence-corrected chi connectivity index (χ2v) is 8.41. The van der Waals surface area contributed by atoms with Crippen LogP contribution in [0.25, 0.3) is 44.3 Å². The molecular formula is C29H25NO. The number of pyridine rings is 1. The third kappa shape index (κ3) is 3.42. The zero-order valence-corrected chi connectivity index (χ0v) is 17.3. The van der Waals surface area contributed by atoms with Crippen LogP contribution in [0.5, 0.6) is 0 Å². The summed E-state index contributed by atoms with van der Waals surface area (Å²) in [4.78, 5) is 4.64. The molecule has 2 nitrogen and oxygen atoms in total. The van der Waals surface area contributed by atoms with E-state index in [0.717, 1.165) is 75.6 Å². The molecule has 0 aliphatic heterocycles. The Bertz CT molecular complexity index is 1450. The van der Waals surface area contributed by atoms with Gasteiger partial charge in [-0.15, -0.1) is 0 Å². The maximum Gasteiger partial charge on any atom is 0.144 e. The summed E-state index contributed by atoms with van der Waals surface area (Å²) in [6.45, 7) is 0. The molecule has 0 saturated heterocycles. The van der Waals surface area contributed by atoms with Crippen molar-refractivity contribution >= 4 is 21.9 Å². The van der Waals surface area contributed by atoms with Crippen LogP contribution in [-0.2, 0) is 6.37 Å². The summed E-state index contributed by atoms with van der Waals surface area (Å²) in [7, 11) is 0. The summed E-state index contributed by atoms with van der Waals surface area (Å²) in [6, 6.07) is 26.3. The molecule has 2 aromatic heterocycles. The number of nitrogens with zero attached hydrogens (tertiary/aromatic N) is 1. The van der Waals surface area contributed by atoms with Gasteiger partial charge >= 0.3 is 0 Å². The van der Waals surface area contributed by atoms with Crippen LogP contribution in [-0.4, -0.2) is 4.98 Å². The van der Waals surface area contributed by atoms with Crippen molar-refractivity contribution in [2.24, 2.45) is 5.92 Å². The van der Waals surface area contributed by atoms with Gasteiger partial charge in [-0.25, -0.2) is 0 Å². The van der Waals surface area contributed by atoms with Gasteiger partial charge in [0.05, 0.1) is 5.69 Å². The fourth-order valence-electron chi connectivity index (χ4n) is 4.77. The van der Waals surface area contributed by atoms with Gasteiger partial charge in [0.2, 0.25) is 0 Å². The molecule has 0 bridgehead atoms. The van der Waals surface area contributed by atoms with E-state index in [4.69, 9.17) is 7.16 Å². The van der Waals surface area contributed by atoms with E-state index < -0.39 is 6.37 Å². The molecule has 0 atom stereocenters.